The first kappa shape index (κ1) is 13.8. The van der Waals surface area contributed by atoms with Crippen molar-refractivity contribution in [1.82, 2.24) is 9.55 Å². The van der Waals surface area contributed by atoms with Crippen LogP contribution in [0.15, 0.2) is 35.1 Å². The van der Waals surface area contributed by atoms with E-state index < -0.39 is 17.4 Å². The number of hydrogen-bond donors (Lipinski definition) is 1. The van der Waals surface area contributed by atoms with Crippen molar-refractivity contribution in [2.45, 2.75) is 6.18 Å². The molecule has 0 aliphatic carbocycles. The minimum Gasteiger partial charge on any atom is -0.328 e. The molecule has 0 aliphatic heterocycles. The van der Waals surface area contributed by atoms with Crippen molar-refractivity contribution in [3.63, 3.8) is 0 Å². The van der Waals surface area contributed by atoms with Crippen LogP contribution in [0.2, 0.25) is 5.02 Å². The van der Waals surface area contributed by atoms with Gasteiger partial charge in [0, 0.05) is 11.1 Å². The molecular formula is C11H6ClF3N2OS. The first-order valence-corrected chi connectivity index (χ1v) is 5.77. The number of nitrogens with zero attached hydrogens (tertiary/aromatic N) is 1. The van der Waals surface area contributed by atoms with Gasteiger partial charge in [0.2, 0.25) is 0 Å². The molecule has 3 nitrogen and oxygen atoms in total. The molecule has 1 N–H and O–H groups in total. The van der Waals surface area contributed by atoms with Gasteiger partial charge in [-0.05, 0) is 30.4 Å². The zero-order valence-electron chi connectivity index (χ0n) is 9.16. The molecule has 0 fully saturated rings. The summed E-state index contributed by atoms with van der Waals surface area (Å²) in [6.07, 6.45) is -4.65. The zero-order chi connectivity index (χ0) is 14.2. The van der Waals surface area contributed by atoms with Crippen LogP contribution in [0.5, 0.6) is 0 Å². The average molecular weight is 307 g/mol. The lowest BCUT2D eigenvalue weighted by Crippen LogP contribution is -2.23. The Bertz CT molecular complexity index is 704. The molecular weight excluding hydrogens is 301 g/mol. The standard InChI is InChI=1S/C11H6ClF3N2OS/c12-6-2-1-3-7(4-6)17-9(18)5-8(11(13,14)15)16-10(17)19/h1-5H,(H,16,19). The second-order valence-electron chi connectivity index (χ2n) is 3.64. The first-order valence-electron chi connectivity index (χ1n) is 4.98. The van der Waals surface area contributed by atoms with Crippen molar-refractivity contribution in [2.75, 3.05) is 0 Å². The fourth-order valence-corrected chi connectivity index (χ4v) is 2.00. The van der Waals surface area contributed by atoms with Crippen LogP contribution in [-0.2, 0) is 6.18 Å². The van der Waals surface area contributed by atoms with Crippen molar-refractivity contribution in [1.29, 1.82) is 0 Å². The normalized spacial score (nSPS) is 11.6. The van der Waals surface area contributed by atoms with Gasteiger partial charge in [0.25, 0.3) is 5.56 Å². The van der Waals surface area contributed by atoms with E-state index in [-0.39, 0.29) is 4.77 Å². The van der Waals surface area contributed by atoms with Crippen LogP contribution in [0.3, 0.4) is 0 Å². The summed E-state index contributed by atoms with van der Waals surface area (Å²) in [5, 5.41) is 0.346. The molecule has 8 heteroatoms. The minimum atomic E-state index is -4.65. The lowest BCUT2D eigenvalue weighted by Gasteiger charge is -2.10. The van der Waals surface area contributed by atoms with Crippen molar-refractivity contribution < 1.29 is 13.2 Å². The molecule has 0 atom stereocenters. The second kappa shape index (κ2) is 4.82. The predicted molar refractivity (Wildman–Crippen MR) is 67.2 cm³/mol. The second-order valence-corrected chi connectivity index (χ2v) is 4.46. The number of rotatable bonds is 1. The summed E-state index contributed by atoms with van der Waals surface area (Å²) in [6, 6.07) is 6.55. The molecule has 0 saturated heterocycles. The Balaban J connectivity index is 2.68. The quantitative estimate of drug-likeness (QED) is 0.818. The van der Waals surface area contributed by atoms with E-state index in [0.29, 0.717) is 16.8 Å². The van der Waals surface area contributed by atoms with E-state index in [1.807, 2.05) is 4.98 Å². The fourth-order valence-electron chi connectivity index (χ4n) is 1.51. The number of hydrogen-bond acceptors (Lipinski definition) is 2. The largest absolute Gasteiger partial charge is 0.431 e. The molecule has 0 saturated carbocycles. The van der Waals surface area contributed by atoms with E-state index in [1.54, 1.807) is 12.1 Å². The van der Waals surface area contributed by atoms with Gasteiger partial charge in [-0.1, -0.05) is 17.7 Å². The summed E-state index contributed by atoms with van der Waals surface area (Å²) < 4.78 is 38.1. The van der Waals surface area contributed by atoms with Crippen molar-refractivity contribution in [2.24, 2.45) is 0 Å². The Morgan fingerprint density at radius 1 is 1.26 bits per heavy atom. The molecule has 2 rings (SSSR count). The van der Waals surface area contributed by atoms with E-state index in [4.69, 9.17) is 23.8 Å². The fraction of sp³-hybridized carbons (Fsp3) is 0.0909. The van der Waals surface area contributed by atoms with Gasteiger partial charge in [-0.25, -0.2) is 0 Å². The molecule has 0 radical (unpaired) electrons. The number of benzene rings is 1. The molecule has 1 aromatic heterocycles. The average Bonchev–Trinajstić information content (AvgIpc) is 2.26. The van der Waals surface area contributed by atoms with Crippen LogP contribution < -0.4 is 5.56 Å². The molecule has 0 unspecified atom stereocenters. The maximum Gasteiger partial charge on any atom is 0.431 e. The molecule has 0 bridgehead atoms. The van der Waals surface area contributed by atoms with Gasteiger partial charge in [0.1, 0.15) is 5.69 Å². The number of halogens is 4. The monoisotopic (exact) mass is 306 g/mol. The third kappa shape index (κ3) is 2.87. The summed E-state index contributed by atoms with van der Waals surface area (Å²) in [6.45, 7) is 0. The van der Waals surface area contributed by atoms with Crippen molar-refractivity contribution in [3.05, 3.63) is 56.2 Å². The minimum absolute atomic E-state index is 0.299. The number of nitrogens with one attached hydrogen (secondary N) is 1. The maximum absolute atomic E-state index is 12.5. The highest BCUT2D eigenvalue weighted by Gasteiger charge is 2.32. The van der Waals surface area contributed by atoms with Crippen LogP contribution in [0, 0.1) is 4.77 Å². The SMILES string of the molecule is O=c1cc(C(F)(F)F)[nH]c(=S)n1-c1cccc(Cl)c1. The van der Waals surface area contributed by atoms with Gasteiger partial charge in [-0.15, -0.1) is 0 Å². The van der Waals surface area contributed by atoms with Crippen molar-refractivity contribution in [3.8, 4) is 5.69 Å². The number of aromatic amines is 1. The Labute approximate surface area is 115 Å². The van der Waals surface area contributed by atoms with Crippen LogP contribution in [0.4, 0.5) is 13.2 Å². The van der Waals surface area contributed by atoms with Gasteiger partial charge in [0.05, 0.1) is 5.69 Å². The van der Waals surface area contributed by atoms with Crippen LogP contribution in [0.25, 0.3) is 5.69 Å². The van der Waals surface area contributed by atoms with Gasteiger partial charge in [0.15, 0.2) is 4.77 Å². The summed E-state index contributed by atoms with van der Waals surface area (Å²) >= 11 is 10.5. The summed E-state index contributed by atoms with van der Waals surface area (Å²) in [4.78, 5) is 13.7. The molecule has 0 amide bonds. The van der Waals surface area contributed by atoms with E-state index >= 15 is 0 Å². The summed E-state index contributed by atoms with van der Waals surface area (Å²) in [5.41, 5.74) is -1.76. The summed E-state index contributed by atoms with van der Waals surface area (Å²) in [5.74, 6) is 0. The predicted octanol–water partition coefficient (Wildman–Crippen LogP) is 3.57. The van der Waals surface area contributed by atoms with Gasteiger partial charge < -0.3 is 4.98 Å². The Kier molecular flexibility index (Phi) is 3.51. The van der Waals surface area contributed by atoms with Gasteiger partial charge in [-0.3, -0.25) is 9.36 Å². The Hall–Kier alpha value is -1.60. The van der Waals surface area contributed by atoms with Crippen LogP contribution in [-0.4, -0.2) is 9.55 Å². The molecule has 19 heavy (non-hydrogen) atoms. The third-order valence-corrected chi connectivity index (χ3v) is 2.82. The first-order chi connectivity index (χ1) is 8.79. The Morgan fingerprint density at radius 3 is 2.47 bits per heavy atom. The molecule has 100 valence electrons. The number of alkyl halides is 3. The molecule has 1 aromatic carbocycles. The number of H-pyrrole nitrogens is 1. The molecule has 0 aliphatic rings. The van der Waals surface area contributed by atoms with Crippen molar-refractivity contribution >= 4 is 23.8 Å². The molecule has 2 aromatic rings. The lowest BCUT2D eigenvalue weighted by molar-refractivity contribution is -0.141. The van der Waals surface area contributed by atoms with E-state index in [9.17, 15) is 18.0 Å². The van der Waals surface area contributed by atoms with Crippen LogP contribution in [0.1, 0.15) is 5.69 Å². The van der Waals surface area contributed by atoms with E-state index in [0.717, 1.165) is 4.57 Å². The zero-order valence-corrected chi connectivity index (χ0v) is 10.7. The van der Waals surface area contributed by atoms with Crippen LogP contribution >= 0.6 is 23.8 Å². The molecule has 1 heterocycles. The highest BCUT2D eigenvalue weighted by Crippen LogP contribution is 2.26. The van der Waals surface area contributed by atoms with Gasteiger partial charge in [-0.2, -0.15) is 13.2 Å². The summed E-state index contributed by atoms with van der Waals surface area (Å²) in [7, 11) is 0. The molecule has 0 spiro atoms. The topological polar surface area (TPSA) is 37.8 Å². The van der Waals surface area contributed by atoms with E-state index in [1.165, 1.54) is 12.1 Å². The third-order valence-electron chi connectivity index (χ3n) is 2.30. The van der Waals surface area contributed by atoms with Gasteiger partial charge >= 0.3 is 6.18 Å². The lowest BCUT2D eigenvalue weighted by atomic mass is 10.3. The number of aromatic nitrogens is 2. The smallest absolute Gasteiger partial charge is 0.328 e. The van der Waals surface area contributed by atoms with E-state index in [2.05, 4.69) is 0 Å². The highest BCUT2D eigenvalue weighted by molar-refractivity contribution is 7.71. The highest BCUT2D eigenvalue weighted by atomic mass is 35.5. The maximum atomic E-state index is 12.5. The Morgan fingerprint density at radius 2 is 1.95 bits per heavy atom.